The van der Waals surface area contributed by atoms with Gasteiger partial charge >= 0.3 is 11.8 Å². The normalized spacial score (nSPS) is 20.3. The molecule has 0 aliphatic carbocycles. The van der Waals surface area contributed by atoms with Gasteiger partial charge in [-0.25, -0.2) is 4.98 Å². The van der Waals surface area contributed by atoms with E-state index in [4.69, 9.17) is 5.73 Å². The maximum Gasteiger partial charge on any atom is 0.313 e. The van der Waals surface area contributed by atoms with Crippen molar-refractivity contribution in [3.8, 4) is 0 Å². The monoisotopic (exact) mass is 435 g/mol. The summed E-state index contributed by atoms with van der Waals surface area (Å²) in [7, 11) is 0. The highest BCUT2D eigenvalue weighted by Crippen LogP contribution is 2.36. The third-order valence-corrected chi connectivity index (χ3v) is 6.32. The molecule has 0 bridgehead atoms. The van der Waals surface area contributed by atoms with Crippen molar-refractivity contribution in [1.82, 2.24) is 9.88 Å². The summed E-state index contributed by atoms with van der Waals surface area (Å²) < 4.78 is 0. The molecule has 1 aromatic carbocycles. The van der Waals surface area contributed by atoms with Crippen molar-refractivity contribution in [1.29, 1.82) is 0 Å². The minimum absolute atomic E-state index is 0.0219. The van der Waals surface area contributed by atoms with Gasteiger partial charge in [0.25, 0.3) is 0 Å². The van der Waals surface area contributed by atoms with E-state index in [1.807, 2.05) is 19.1 Å². The lowest BCUT2D eigenvalue weighted by Crippen LogP contribution is -2.46. The summed E-state index contributed by atoms with van der Waals surface area (Å²) in [5, 5.41) is 5.58. The zero-order valence-electron chi connectivity index (χ0n) is 18.5. The highest BCUT2D eigenvalue weighted by Gasteiger charge is 2.34. The highest BCUT2D eigenvalue weighted by molar-refractivity contribution is 6.39. The highest BCUT2D eigenvalue weighted by atomic mass is 16.2. The van der Waals surface area contributed by atoms with Gasteiger partial charge in [-0.3, -0.25) is 14.4 Å². The van der Waals surface area contributed by atoms with Crippen molar-refractivity contribution in [2.45, 2.75) is 52.0 Å². The lowest BCUT2D eigenvalue weighted by Gasteiger charge is -2.39. The largest absolute Gasteiger partial charge is 0.383 e. The number of hydrogen-bond donors (Lipinski definition) is 3. The molecule has 2 atom stereocenters. The SMILES string of the molecule is CCc1cc(NC(=O)C(=O)N2C[C@H](C)CC[C@H]2c2ccc3c(c2)CCC(=O)N3)cnc1N. The fraction of sp³-hybridized carbons (Fsp3) is 0.417. The Hall–Kier alpha value is -3.42. The van der Waals surface area contributed by atoms with Crippen molar-refractivity contribution in [3.63, 3.8) is 0 Å². The van der Waals surface area contributed by atoms with Gasteiger partial charge in [0.2, 0.25) is 5.91 Å². The summed E-state index contributed by atoms with van der Waals surface area (Å²) in [6.45, 7) is 4.56. The minimum atomic E-state index is -0.678. The van der Waals surface area contributed by atoms with Crippen LogP contribution in [0.4, 0.5) is 17.2 Å². The number of carbonyl (C=O) groups excluding carboxylic acids is 3. The zero-order chi connectivity index (χ0) is 22.8. The molecule has 0 unspecified atom stereocenters. The summed E-state index contributed by atoms with van der Waals surface area (Å²) in [5.74, 6) is -0.478. The van der Waals surface area contributed by atoms with Crippen molar-refractivity contribution >= 4 is 34.9 Å². The van der Waals surface area contributed by atoms with E-state index in [1.165, 1.54) is 6.20 Å². The first-order valence-corrected chi connectivity index (χ1v) is 11.1. The quantitative estimate of drug-likeness (QED) is 0.641. The number of nitrogens with one attached hydrogen (secondary N) is 2. The van der Waals surface area contributed by atoms with Gasteiger partial charge in [0.05, 0.1) is 17.9 Å². The second-order valence-corrected chi connectivity index (χ2v) is 8.70. The molecule has 32 heavy (non-hydrogen) atoms. The van der Waals surface area contributed by atoms with E-state index in [1.54, 1.807) is 11.0 Å². The van der Waals surface area contributed by atoms with Crippen molar-refractivity contribution in [2.24, 2.45) is 5.92 Å². The molecule has 3 heterocycles. The third-order valence-electron chi connectivity index (χ3n) is 6.32. The zero-order valence-corrected chi connectivity index (χ0v) is 18.5. The number of aromatic nitrogens is 1. The Balaban J connectivity index is 1.55. The first kappa shape index (κ1) is 21.8. The molecule has 1 saturated heterocycles. The molecule has 0 saturated carbocycles. The topological polar surface area (TPSA) is 117 Å². The fourth-order valence-corrected chi connectivity index (χ4v) is 4.52. The first-order valence-electron chi connectivity index (χ1n) is 11.1. The number of pyridine rings is 1. The third kappa shape index (κ3) is 4.44. The summed E-state index contributed by atoms with van der Waals surface area (Å²) in [5.41, 5.74) is 10.0. The van der Waals surface area contributed by atoms with Gasteiger partial charge in [0, 0.05) is 18.7 Å². The standard InChI is InChI=1S/C24H29N5O3/c1-3-15-11-18(12-26-22(15)25)27-23(31)24(32)29-13-14(2)4-8-20(29)17-5-7-19-16(10-17)6-9-21(30)28-19/h5,7,10-12,14,20H,3-4,6,8-9,13H2,1-2H3,(H2,25,26)(H,27,31)(H,28,30)/t14-,20+/m1/s1. The van der Waals surface area contributed by atoms with Gasteiger partial charge < -0.3 is 21.3 Å². The van der Waals surface area contributed by atoms with Gasteiger partial charge in [-0.15, -0.1) is 0 Å². The lowest BCUT2D eigenvalue weighted by atomic mass is 9.88. The van der Waals surface area contributed by atoms with E-state index < -0.39 is 11.8 Å². The smallest absolute Gasteiger partial charge is 0.313 e. The second kappa shape index (κ2) is 8.98. The molecule has 8 nitrogen and oxygen atoms in total. The van der Waals surface area contributed by atoms with E-state index in [-0.39, 0.29) is 11.9 Å². The molecular formula is C24H29N5O3. The Bertz CT molecular complexity index is 1070. The molecule has 0 radical (unpaired) electrons. The van der Waals surface area contributed by atoms with Crippen LogP contribution in [0.3, 0.4) is 0 Å². The number of aryl methyl sites for hydroxylation is 2. The second-order valence-electron chi connectivity index (χ2n) is 8.70. The number of likely N-dealkylation sites (tertiary alicyclic amines) is 1. The average Bonchev–Trinajstić information content (AvgIpc) is 2.79. The summed E-state index contributed by atoms with van der Waals surface area (Å²) in [6.07, 6.45) is 5.05. The van der Waals surface area contributed by atoms with E-state index in [9.17, 15) is 14.4 Å². The van der Waals surface area contributed by atoms with E-state index in [2.05, 4.69) is 28.6 Å². The van der Waals surface area contributed by atoms with Gasteiger partial charge in [-0.2, -0.15) is 0 Å². The number of anilines is 3. The van der Waals surface area contributed by atoms with Crippen LogP contribution in [-0.4, -0.2) is 34.2 Å². The van der Waals surface area contributed by atoms with Crippen LogP contribution in [-0.2, 0) is 27.2 Å². The number of nitrogen functional groups attached to an aromatic ring is 1. The molecule has 4 N–H and O–H groups in total. The number of hydrogen-bond acceptors (Lipinski definition) is 5. The van der Waals surface area contributed by atoms with Gasteiger partial charge in [0.1, 0.15) is 5.82 Å². The molecule has 3 amide bonds. The number of carbonyl (C=O) groups is 3. The number of amides is 3. The van der Waals surface area contributed by atoms with Gasteiger partial charge in [-0.05, 0) is 60.4 Å². The molecule has 2 aliphatic rings. The predicted molar refractivity (Wildman–Crippen MR) is 123 cm³/mol. The summed E-state index contributed by atoms with van der Waals surface area (Å²) in [6, 6.07) is 7.48. The van der Waals surface area contributed by atoms with Crippen LogP contribution < -0.4 is 16.4 Å². The Morgan fingerprint density at radius 2 is 2.06 bits per heavy atom. The molecule has 2 aromatic rings. The molecule has 4 rings (SSSR count). The number of benzene rings is 1. The van der Waals surface area contributed by atoms with Crippen molar-refractivity contribution < 1.29 is 14.4 Å². The van der Waals surface area contributed by atoms with Crippen LogP contribution in [0.25, 0.3) is 0 Å². The number of piperidine rings is 1. The van der Waals surface area contributed by atoms with Crippen molar-refractivity contribution in [2.75, 3.05) is 22.9 Å². The molecule has 0 spiro atoms. The van der Waals surface area contributed by atoms with Crippen molar-refractivity contribution in [3.05, 3.63) is 47.2 Å². The number of nitrogens with two attached hydrogens (primary N) is 1. The fourth-order valence-electron chi connectivity index (χ4n) is 4.52. The van der Waals surface area contributed by atoms with Crippen LogP contribution in [0.2, 0.25) is 0 Å². The summed E-state index contributed by atoms with van der Waals surface area (Å²) in [4.78, 5) is 43.5. The minimum Gasteiger partial charge on any atom is -0.383 e. The van der Waals surface area contributed by atoms with E-state index in [0.29, 0.717) is 43.2 Å². The maximum atomic E-state index is 13.2. The molecule has 168 valence electrons. The predicted octanol–water partition coefficient (Wildman–Crippen LogP) is 3.05. The molecule has 8 heteroatoms. The van der Waals surface area contributed by atoms with Gasteiger partial charge in [-0.1, -0.05) is 26.0 Å². The maximum absolute atomic E-state index is 13.2. The molecule has 1 fully saturated rings. The van der Waals surface area contributed by atoms with E-state index in [0.717, 1.165) is 35.2 Å². The Kier molecular flexibility index (Phi) is 6.12. The lowest BCUT2D eigenvalue weighted by molar-refractivity contribution is -0.146. The van der Waals surface area contributed by atoms with Crippen LogP contribution in [0, 0.1) is 5.92 Å². The Labute approximate surface area is 187 Å². The molecular weight excluding hydrogens is 406 g/mol. The van der Waals surface area contributed by atoms with Gasteiger partial charge in [0.15, 0.2) is 0 Å². The molecule has 1 aromatic heterocycles. The Morgan fingerprint density at radius 3 is 2.84 bits per heavy atom. The first-order chi connectivity index (χ1) is 15.4. The number of rotatable bonds is 3. The number of nitrogens with zero attached hydrogens (tertiary/aromatic N) is 2. The van der Waals surface area contributed by atoms with Crippen LogP contribution in [0.1, 0.15) is 55.8 Å². The summed E-state index contributed by atoms with van der Waals surface area (Å²) >= 11 is 0. The molecule has 2 aliphatic heterocycles. The van der Waals surface area contributed by atoms with Crippen LogP contribution >= 0.6 is 0 Å². The number of fused-ring (bicyclic) bond motifs is 1. The van der Waals surface area contributed by atoms with Crippen LogP contribution in [0.5, 0.6) is 0 Å². The average molecular weight is 436 g/mol. The Morgan fingerprint density at radius 1 is 1.25 bits per heavy atom. The van der Waals surface area contributed by atoms with E-state index >= 15 is 0 Å². The van der Waals surface area contributed by atoms with Crippen LogP contribution in [0.15, 0.2) is 30.5 Å².